The van der Waals surface area contributed by atoms with Crippen LogP contribution in [0.1, 0.15) is 35.2 Å². The zero-order valence-corrected chi connectivity index (χ0v) is 14.6. The van der Waals surface area contributed by atoms with Gasteiger partial charge in [-0.15, -0.1) is 0 Å². The molecule has 1 atom stereocenters. The number of nitrogens with zero attached hydrogens (tertiary/aromatic N) is 2. The molecule has 2 fully saturated rings. The van der Waals surface area contributed by atoms with Crippen molar-refractivity contribution in [1.82, 2.24) is 10.2 Å². The minimum atomic E-state index is -0.471. The number of hydrogen-bond donors (Lipinski definition) is 1. The molecular formula is C18H25N3O4. The lowest BCUT2D eigenvalue weighted by Crippen LogP contribution is -2.46. The summed E-state index contributed by atoms with van der Waals surface area (Å²) < 4.78 is 5.43. The smallest absolute Gasteiger partial charge is 0.270 e. The number of aryl methyl sites for hydroxylation is 1. The van der Waals surface area contributed by atoms with Gasteiger partial charge in [0.2, 0.25) is 0 Å². The van der Waals surface area contributed by atoms with Crippen LogP contribution in [-0.4, -0.2) is 54.6 Å². The molecule has 3 rings (SSSR count). The molecule has 1 amide bonds. The molecule has 2 heterocycles. The molecule has 0 saturated carbocycles. The Morgan fingerprint density at radius 3 is 2.76 bits per heavy atom. The van der Waals surface area contributed by atoms with Gasteiger partial charge in [-0.3, -0.25) is 14.9 Å². The Labute approximate surface area is 147 Å². The van der Waals surface area contributed by atoms with Crippen molar-refractivity contribution in [2.24, 2.45) is 5.92 Å². The molecule has 1 aromatic rings. The molecule has 2 aliphatic rings. The number of amides is 1. The van der Waals surface area contributed by atoms with E-state index in [4.69, 9.17) is 4.74 Å². The monoisotopic (exact) mass is 347 g/mol. The summed E-state index contributed by atoms with van der Waals surface area (Å²) in [5.41, 5.74) is 1.09. The Balaban J connectivity index is 1.52. The van der Waals surface area contributed by atoms with Gasteiger partial charge in [-0.05, 0) is 37.7 Å². The zero-order chi connectivity index (χ0) is 17.8. The largest absolute Gasteiger partial charge is 0.381 e. The maximum absolute atomic E-state index is 12.5. The van der Waals surface area contributed by atoms with Gasteiger partial charge < -0.3 is 15.0 Å². The van der Waals surface area contributed by atoms with Crippen molar-refractivity contribution in [2.75, 3.05) is 32.8 Å². The molecule has 0 radical (unpaired) electrons. The molecule has 1 N–H and O–H groups in total. The molecule has 0 aliphatic carbocycles. The fourth-order valence-electron chi connectivity index (χ4n) is 3.58. The number of likely N-dealkylation sites (tertiary alicyclic amines) is 1. The first-order valence-corrected chi connectivity index (χ1v) is 8.89. The number of carbonyl (C=O) groups excluding carboxylic acids is 1. The van der Waals surface area contributed by atoms with E-state index >= 15 is 0 Å². The summed E-state index contributed by atoms with van der Waals surface area (Å²) >= 11 is 0. The van der Waals surface area contributed by atoms with E-state index in [-0.39, 0.29) is 17.6 Å². The normalized spacial score (nSPS) is 22.0. The van der Waals surface area contributed by atoms with Crippen molar-refractivity contribution in [3.63, 3.8) is 0 Å². The molecule has 0 bridgehead atoms. The van der Waals surface area contributed by atoms with E-state index in [1.165, 1.54) is 12.1 Å². The fourth-order valence-corrected chi connectivity index (χ4v) is 3.58. The van der Waals surface area contributed by atoms with Crippen molar-refractivity contribution < 1.29 is 14.5 Å². The standard InChI is InChI=1S/C18H25N3O4/c1-13-2-3-16(21(23)24)10-17(13)18(22)19-15-4-7-20(8-5-15)11-14-6-9-25-12-14/h2-3,10,14-15H,4-9,11-12H2,1H3,(H,19,22)/t14-/m0/s1. The average Bonchev–Trinajstić information content (AvgIpc) is 3.09. The quantitative estimate of drug-likeness (QED) is 0.651. The van der Waals surface area contributed by atoms with Gasteiger partial charge in [-0.25, -0.2) is 0 Å². The summed E-state index contributed by atoms with van der Waals surface area (Å²) in [5.74, 6) is 0.419. The number of nitro groups is 1. The third-order valence-electron chi connectivity index (χ3n) is 5.14. The Hall–Kier alpha value is -1.99. The summed E-state index contributed by atoms with van der Waals surface area (Å²) in [4.78, 5) is 25.4. The van der Waals surface area contributed by atoms with Gasteiger partial charge in [0.15, 0.2) is 0 Å². The van der Waals surface area contributed by atoms with Crippen LogP contribution in [0.25, 0.3) is 0 Å². The number of nitro benzene ring substituents is 1. The average molecular weight is 347 g/mol. The number of piperidine rings is 1. The van der Waals surface area contributed by atoms with Crippen LogP contribution in [0.2, 0.25) is 0 Å². The number of hydrogen-bond acceptors (Lipinski definition) is 5. The van der Waals surface area contributed by atoms with E-state index in [1.807, 2.05) is 0 Å². The second-order valence-electron chi connectivity index (χ2n) is 7.03. The van der Waals surface area contributed by atoms with Crippen molar-refractivity contribution in [2.45, 2.75) is 32.2 Å². The molecule has 2 saturated heterocycles. The minimum absolute atomic E-state index is 0.0515. The second-order valence-corrected chi connectivity index (χ2v) is 7.03. The molecule has 0 unspecified atom stereocenters. The number of benzene rings is 1. The summed E-state index contributed by atoms with van der Waals surface area (Å²) in [5, 5.41) is 14.0. The lowest BCUT2D eigenvalue weighted by Gasteiger charge is -2.33. The van der Waals surface area contributed by atoms with Crippen LogP contribution in [0.4, 0.5) is 5.69 Å². The highest BCUT2D eigenvalue weighted by Gasteiger charge is 2.25. The van der Waals surface area contributed by atoms with E-state index in [9.17, 15) is 14.9 Å². The van der Waals surface area contributed by atoms with Gasteiger partial charge in [0.1, 0.15) is 0 Å². The second kappa shape index (κ2) is 7.93. The van der Waals surface area contributed by atoms with E-state index in [1.54, 1.807) is 13.0 Å². The predicted molar refractivity (Wildman–Crippen MR) is 93.7 cm³/mol. The Bertz CT molecular complexity index is 635. The van der Waals surface area contributed by atoms with Crippen LogP contribution < -0.4 is 5.32 Å². The highest BCUT2D eigenvalue weighted by Crippen LogP contribution is 2.20. The van der Waals surface area contributed by atoms with Gasteiger partial charge in [0.25, 0.3) is 11.6 Å². The summed E-state index contributed by atoms with van der Waals surface area (Å²) in [6.07, 6.45) is 2.96. The van der Waals surface area contributed by atoms with Crippen LogP contribution in [0, 0.1) is 23.0 Å². The first kappa shape index (κ1) is 17.8. The third-order valence-corrected chi connectivity index (χ3v) is 5.14. The lowest BCUT2D eigenvalue weighted by molar-refractivity contribution is -0.384. The number of non-ortho nitro benzene ring substituents is 1. The first-order valence-electron chi connectivity index (χ1n) is 8.89. The highest BCUT2D eigenvalue weighted by atomic mass is 16.6. The third kappa shape index (κ3) is 4.55. The van der Waals surface area contributed by atoms with Gasteiger partial charge in [-0.2, -0.15) is 0 Å². The molecule has 2 aliphatic heterocycles. The van der Waals surface area contributed by atoms with Gasteiger partial charge in [0.05, 0.1) is 11.5 Å². The minimum Gasteiger partial charge on any atom is -0.381 e. The van der Waals surface area contributed by atoms with Crippen LogP contribution in [0.3, 0.4) is 0 Å². The summed E-state index contributed by atoms with van der Waals surface area (Å²) in [6, 6.07) is 4.54. The maximum Gasteiger partial charge on any atom is 0.270 e. The number of rotatable bonds is 5. The Kier molecular flexibility index (Phi) is 5.65. The Morgan fingerprint density at radius 2 is 2.12 bits per heavy atom. The Morgan fingerprint density at radius 1 is 1.36 bits per heavy atom. The van der Waals surface area contributed by atoms with Crippen molar-refractivity contribution in [3.05, 3.63) is 39.4 Å². The van der Waals surface area contributed by atoms with Crippen LogP contribution in [-0.2, 0) is 4.74 Å². The number of ether oxygens (including phenoxy) is 1. The number of carbonyl (C=O) groups is 1. The van der Waals surface area contributed by atoms with Crippen LogP contribution >= 0.6 is 0 Å². The van der Waals surface area contributed by atoms with Gasteiger partial charge in [-0.1, -0.05) is 6.07 Å². The fraction of sp³-hybridized carbons (Fsp3) is 0.611. The first-order chi connectivity index (χ1) is 12.0. The number of nitrogens with one attached hydrogen (secondary N) is 1. The molecule has 136 valence electrons. The summed E-state index contributed by atoms with van der Waals surface area (Å²) in [6.45, 7) is 6.54. The van der Waals surface area contributed by atoms with E-state index < -0.39 is 4.92 Å². The molecule has 7 nitrogen and oxygen atoms in total. The molecular weight excluding hydrogens is 322 g/mol. The molecule has 1 aromatic carbocycles. The lowest BCUT2D eigenvalue weighted by atomic mass is 10.0. The molecule has 0 aromatic heterocycles. The molecule has 0 spiro atoms. The zero-order valence-electron chi connectivity index (χ0n) is 14.6. The highest BCUT2D eigenvalue weighted by molar-refractivity contribution is 5.96. The van der Waals surface area contributed by atoms with Crippen molar-refractivity contribution in [1.29, 1.82) is 0 Å². The van der Waals surface area contributed by atoms with Crippen LogP contribution in [0.5, 0.6) is 0 Å². The van der Waals surface area contributed by atoms with E-state index in [2.05, 4.69) is 10.2 Å². The maximum atomic E-state index is 12.5. The topological polar surface area (TPSA) is 84.7 Å². The van der Waals surface area contributed by atoms with Crippen LogP contribution in [0.15, 0.2) is 18.2 Å². The molecule has 25 heavy (non-hydrogen) atoms. The van der Waals surface area contributed by atoms with Gasteiger partial charge in [0, 0.05) is 50.0 Å². The molecule has 7 heteroatoms. The predicted octanol–water partition coefficient (Wildman–Crippen LogP) is 2.13. The van der Waals surface area contributed by atoms with Crippen molar-refractivity contribution in [3.8, 4) is 0 Å². The van der Waals surface area contributed by atoms with Crippen molar-refractivity contribution >= 4 is 11.6 Å². The van der Waals surface area contributed by atoms with Gasteiger partial charge >= 0.3 is 0 Å². The van der Waals surface area contributed by atoms with E-state index in [0.717, 1.165) is 57.7 Å². The SMILES string of the molecule is Cc1ccc([N+](=O)[O-])cc1C(=O)NC1CCN(C[C@@H]2CCOC2)CC1. The summed E-state index contributed by atoms with van der Waals surface area (Å²) in [7, 11) is 0. The van der Waals surface area contributed by atoms with E-state index in [0.29, 0.717) is 11.5 Å².